The van der Waals surface area contributed by atoms with Gasteiger partial charge < -0.3 is 4.74 Å². The first-order chi connectivity index (χ1) is 12.6. The molecule has 0 spiro atoms. The zero-order valence-corrected chi connectivity index (χ0v) is 15.7. The van der Waals surface area contributed by atoms with Gasteiger partial charge in [-0.1, -0.05) is 17.7 Å². The number of pyridine rings is 1. The Morgan fingerprint density at radius 1 is 1.48 bits per heavy atom. The van der Waals surface area contributed by atoms with Gasteiger partial charge in [-0.25, -0.2) is 14.1 Å². The summed E-state index contributed by atoms with van der Waals surface area (Å²) in [5.41, 5.74) is 0.0312. The molecular formula is C19H17ClFN3O3. The van der Waals surface area contributed by atoms with E-state index in [-0.39, 0.29) is 34.1 Å². The number of ether oxygens (including phenoxy) is 1. The van der Waals surface area contributed by atoms with Crippen LogP contribution in [-0.2, 0) is 11.3 Å². The van der Waals surface area contributed by atoms with E-state index in [0.29, 0.717) is 0 Å². The van der Waals surface area contributed by atoms with E-state index < -0.39 is 29.7 Å². The fraction of sp³-hybridized carbons (Fsp3) is 0.368. The highest BCUT2D eigenvalue weighted by Gasteiger charge is 2.39. The fourth-order valence-electron chi connectivity index (χ4n) is 2.99. The maximum Gasteiger partial charge on any atom is 0.417 e. The van der Waals surface area contributed by atoms with E-state index in [1.807, 2.05) is 6.07 Å². The number of carbonyl (C=O) groups is 2. The van der Waals surface area contributed by atoms with Crippen molar-refractivity contribution in [3.63, 3.8) is 0 Å². The lowest BCUT2D eigenvalue weighted by Crippen LogP contribution is -2.36. The van der Waals surface area contributed by atoms with Crippen LogP contribution in [-0.4, -0.2) is 33.7 Å². The number of halogens is 2. The van der Waals surface area contributed by atoms with Crippen LogP contribution >= 0.6 is 11.6 Å². The molecule has 1 aromatic rings. The number of amides is 2. The number of hydrogen-bond acceptors (Lipinski definition) is 5. The molecule has 0 radical (unpaired) electrons. The molecule has 2 amide bonds. The average molecular weight is 390 g/mol. The number of imide groups is 1. The Morgan fingerprint density at radius 3 is 2.81 bits per heavy atom. The summed E-state index contributed by atoms with van der Waals surface area (Å²) >= 11 is 6.25. The van der Waals surface area contributed by atoms with Crippen molar-refractivity contribution in [1.82, 2.24) is 9.88 Å². The number of allylic oxidation sites excluding steroid dienone is 4. The average Bonchev–Trinajstić information content (AvgIpc) is 2.90. The van der Waals surface area contributed by atoms with E-state index >= 15 is 0 Å². The number of alkyl halides is 1. The Labute approximate surface area is 160 Å². The normalized spacial score (nSPS) is 21.6. The van der Waals surface area contributed by atoms with E-state index in [4.69, 9.17) is 16.3 Å². The minimum Gasteiger partial charge on any atom is -0.443 e. The van der Waals surface area contributed by atoms with Gasteiger partial charge >= 0.3 is 6.09 Å². The maximum absolute atomic E-state index is 14.4. The first-order valence-corrected chi connectivity index (χ1v) is 8.67. The van der Waals surface area contributed by atoms with Gasteiger partial charge in [0.1, 0.15) is 11.8 Å². The van der Waals surface area contributed by atoms with Gasteiger partial charge in [0.25, 0.3) is 5.91 Å². The molecule has 2 aliphatic rings. The van der Waals surface area contributed by atoms with Crippen molar-refractivity contribution >= 4 is 23.6 Å². The summed E-state index contributed by atoms with van der Waals surface area (Å²) in [7, 11) is 0. The van der Waals surface area contributed by atoms with Gasteiger partial charge in [0.2, 0.25) is 0 Å². The van der Waals surface area contributed by atoms with Gasteiger partial charge in [0.05, 0.1) is 40.5 Å². The van der Waals surface area contributed by atoms with E-state index in [2.05, 4.69) is 4.98 Å². The van der Waals surface area contributed by atoms with Crippen molar-refractivity contribution in [2.75, 3.05) is 0 Å². The number of nitrogens with zero attached hydrogens (tertiary/aromatic N) is 3. The smallest absolute Gasteiger partial charge is 0.417 e. The number of hydrogen-bond donors (Lipinski definition) is 0. The van der Waals surface area contributed by atoms with Crippen molar-refractivity contribution in [3.8, 4) is 6.07 Å². The molecule has 0 aromatic carbocycles. The van der Waals surface area contributed by atoms with Crippen LogP contribution in [0.5, 0.6) is 0 Å². The lowest BCUT2D eigenvalue weighted by molar-refractivity contribution is 0.0247. The summed E-state index contributed by atoms with van der Waals surface area (Å²) in [6, 6.07) is 3.34. The first-order valence-electron chi connectivity index (χ1n) is 8.29. The van der Waals surface area contributed by atoms with Gasteiger partial charge in [-0.05, 0) is 39.0 Å². The van der Waals surface area contributed by atoms with Crippen LogP contribution < -0.4 is 0 Å². The largest absolute Gasteiger partial charge is 0.443 e. The second-order valence-electron chi connectivity index (χ2n) is 7.26. The summed E-state index contributed by atoms with van der Waals surface area (Å²) < 4.78 is 19.6. The molecule has 2 atom stereocenters. The molecule has 0 N–H and O–H groups in total. The van der Waals surface area contributed by atoms with E-state index in [0.717, 1.165) is 4.90 Å². The van der Waals surface area contributed by atoms with Gasteiger partial charge in [-0.3, -0.25) is 9.78 Å². The topological polar surface area (TPSA) is 83.3 Å². The Balaban J connectivity index is 1.96. The third-order valence-electron chi connectivity index (χ3n) is 4.12. The van der Waals surface area contributed by atoms with Crippen LogP contribution in [0.25, 0.3) is 0 Å². The van der Waals surface area contributed by atoms with E-state index in [1.54, 1.807) is 20.8 Å². The molecule has 0 fully saturated rings. The van der Waals surface area contributed by atoms with E-state index in [1.165, 1.54) is 24.3 Å². The molecule has 0 bridgehead atoms. The molecule has 1 aliphatic carbocycles. The Bertz CT molecular complexity index is 927. The summed E-state index contributed by atoms with van der Waals surface area (Å²) in [4.78, 5) is 30.1. The lowest BCUT2D eigenvalue weighted by Gasteiger charge is -2.23. The summed E-state index contributed by atoms with van der Waals surface area (Å²) in [5, 5.41) is 9.33. The molecule has 1 aromatic heterocycles. The number of aromatic nitrogens is 1. The summed E-state index contributed by atoms with van der Waals surface area (Å²) in [5.74, 6) is -1.52. The molecule has 6 nitrogen and oxygen atoms in total. The zero-order valence-electron chi connectivity index (χ0n) is 15.0. The molecule has 0 saturated carbocycles. The zero-order chi connectivity index (χ0) is 19.9. The third kappa shape index (κ3) is 3.58. The molecule has 2 unspecified atom stereocenters. The summed E-state index contributed by atoms with van der Waals surface area (Å²) in [6.45, 7) is 4.95. The molecule has 27 heavy (non-hydrogen) atoms. The number of nitriles is 1. The summed E-state index contributed by atoms with van der Waals surface area (Å²) in [6.07, 6.45) is 2.08. The molecule has 8 heteroatoms. The van der Waals surface area contributed by atoms with Gasteiger partial charge in [0.15, 0.2) is 0 Å². The van der Waals surface area contributed by atoms with Crippen molar-refractivity contribution in [2.45, 2.75) is 45.0 Å². The van der Waals surface area contributed by atoms with Crippen molar-refractivity contribution in [1.29, 1.82) is 5.26 Å². The molecular weight excluding hydrogens is 373 g/mol. The maximum atomic E-state index is 14.4. The predicted molar refractivity (Wildman–Crippen MR) is 95.8 cm³/mol. The Kier molecular flexibility index (Phi) is 4.79. The number of carbonyl (C=O) groups excluding carboxylic acids is 2. The fourth-order valence-corrected chi connectivity index (χ4v) is 3.29. The van der Waals surface area contributed by atoms with Gasteiger partial charge in [-0.15, -0.1) is 0 Å². The molecule has 0 saturated heterocycles. The minimum atomic E-state index is -1.44. The highest BCUT2D eigenvalue weighted by Crippen LogP contribution is 2.37. The Hall–Kier alpha value is -2.72. The van der Waals surface area contributed by atoms with Crippen LogP contribution in [0.15, 0.2) is 29.9 Å². The second-order valence-corrected chi connectivity index (χ2v) is 7.67. The molecule has 140 valence electrons. The molecule has 3 rings (SSSR count). The first kappa shape index (κ1) is 19.1. The lowest BCUT2D eigenvalue weighted by atomic mass is 9.87. The van der Waals surface area contributed by atoms with Gasteiger partial charge in [0, 0.05) is 5.57 Å². The van der Waals surface area contributed by atoms with E-state index in [9.17, 15) is 19.2 Å². The van der Waals surface area contributed by atoms with Crippen LogP contribution in [0.3, 0.4) is 0 Å². The highest BCUT2D eigenvalue weighted by atomic mass is 35.5. The monoisotopic (exact) mass is 389 g/mol. The second kappa shape index (κ2) is 6.78. The SMILES string of the molecule is CC(C)(C)OC(=O)N1Cc2nc(C3C(C#N)=CC=CC3F)cc(Cl)c2C1=O. The third-order valence-corrected chi connectivity index (χ3v) is 4.42. The van der Waals surface area contributed by atoms with Crippen LogP contribution in [0.1, 0.15) is 48.4 Å². The van der Waals surface area contributed by atoms with Crippen molar-refractivity contribution < 1.29 is 18.7 Å². The molecule has 1 aliphatic heterocycles. The van der Waals surface area contributed by atoms with Crippen LogP contribution in [0.2, 0.25) is 5.02 Å². The minimum absolute atomic E-state index is 0.0603. The molecule has 2 heterocycles. The highest BCUT2D eigenvalue weighted by molar-refractivity contribution is 6.34. The number of fused-ring (bicyclic) bond motifs is 1. The predicted octanol–water partition coefficient (Wildman–Crippen LogP) is 4.07. The van der Waals surface area contributed by atoms with Crippen molar-refractivity contribution in [3.05, 3.63) is 51.8 Å². The number of rotatable bonds is 1. The van der Waals surface area contributed by atoms with Gasteiger partial charge in [-0.2, -0.15) is 5.26 Å². The Morgan fingerprint density at radius 2 is 2.19 bits per heavy atom. The standard InChI is InChI=1S/C19H17ClFN3O3/c1-19(2,3)27-18(26)24-9-14-16(17(24)25)11(20)7-13(23-14)15-10(8-22)5-4-6-12(15)21/h4-7,12,15H,9H2,1-3H3. The van der Waals surface area contributed by atoms with Crippen LogP contribution in [0.4, 0.5) is 9.18 Å². The van der Waals surface area contributed by atoms with Crippen molar-refractivity contribution in [2.24, 2.45) is 0 Å². The van der Waals surface area contributed by atoms with Crippen LogP contribution in [0, 0.1) is 11.3 Å². The quantitative estimate of drug-likeness (QED) is 0.723.